The predicted octanol–water partition coefficient (Wildman–Crippen LogP) is 4.31. The molecular formula is C29H35FN4O2. The van der Waals surface area contributed by atoms with Crippen molar-refractivity contribution in [3.63, 3.8) is 0 Å². The largest absolute Gasteiger partial charge is 0.348 e. The summed E-state index contributed by atoms with van der Waals surface area (Å²) in [6.45, 7) is 10.0. The fourth-order valence-corrected chi connectivity index (χ4v) is 4.89. The summed E-state index contributed by atoms with van der Waals surface area (Å²) in [5.74, 6) is -0.400. The van der Waals surface area contributed by atoms with E-state index in [0.717, 1.165) is 43.0 Å². The van der Waals surface area contributed by atoms with Crippen LogP contribution < -0.4 is 5.32 Å². The van der Waals surface area contributed by atoms with Gasteiger partial charge >= 0.3 is 0 Å². The van der Waals surface area contributed by atoms with E-state index in [2.05, 4.69) is 50.9 Å². The fourth-order valence-electron chi connectivity index (χ4n) is 4.89. The molecule has 1 fully saturated rings. The van der Waals surface area contributed by atoms with Gasteiger partial charge in [0.25, 0.3) is 0 Å². The molecule has 1 unspecified atom stereocenters. The van der Waals surface area contributed by atoms with Crippen LogP contribution in [-0.2, 0) is 17.8 Å². The van der Waals surface area contributed by atoms with Gasteiger partial charge in [0.05, 0.1) is 12.6 Å². The fraction of sp³-hybridized carbons (Fsp3) is 0.379. The number of halogens is 1. The first-order valence-electron chi connectivity index (χ1n) is 12.6. The standard InChI is InChI=1S/C29H35FN4O2/c1-21-18-27(22(2)34(21)13-12-24-8-5-4-6-9-24)28(35)20-32-14-16-33(17-15-32)23(3)29(36)31-26-11-7-10-25(30)19-26/h4-11,18-19,23H,12-17,20H2,1-3H3,(H,31,36). The van der Waals surface area contributed by atoms with Crippen molar-refractivity contribution in [2.45, 2.75) is 39.8 Å². The number of nitrogens with one attached hydrogen (secondary N) is 1. The number of carbonyl (C=O) groups excluding carboxylic acids is 2. The lowest BCUT2D eigenvalue weighted by Crippen LogP contribution is -2.53. The highest BCUT2D eigenvalue weighted by Gasteiger charge is 2.27. The molecule has 1 aromatic heterocycles. The first-order chi connectivity index (χ1) is 17.3. The van der Waals surface area contributed by atoms with Crippen LogP contribution in [0.15, 0.2) is 60.7 Å². The van der Waals surface area contributed by atoms with Crippen LogP contribution in [0.4, 0.5) is 10.1 Å². The Morgan fingerprint density at radius 1 is 0.972 bits per heavy atom. The summed E-state index contributed by atoms with van der Waals surface area (Å²) in [7, 11) is 0. The van der Waals surface area contributed by atoms with E-state index >= 15 is 0 Å². The predicted molar refractivity (Wildman–Crippen MR) is 141 cm³/mol. The Labute approximate surface area is 212 Å². The number of nitrogens with zero attached hydrogens (tertiary/aromatic N) is 3. The SMILES string of the molecule is Cc1cc(C(=O)CN2CCN(C(C)C(=O)Nc3cccc(F)c3)CC2)c(C)n1CCc1ccccc1. The summed E-state index contributed by atoms with van der Waals surface area (Å²) in [5.41, 5.74) is 4.67. The minimum Gasteiger partial charge on any atom is -0.348 e. The van der Waals surface area contributed by atoms with Crippen LogP contribution in [0, 0.1) is 19.7 Å². The Bertz CT molecular complexity index is 1200. The Morgan fingerprint density at radius 2 is 1.69 bits per heavy atom. The smallest absolute Gasteiger partial charge is 0.241 e. The van der Waals surface area contributed by atoms with Gasteiger partial charge in [-0.3, -0.25) is 19.4 Å². The van der Waals surface area contributed by atoms with Crippen molar-refractivity contribution in [2.75, 3.05) is 38.0 Å². The van der Waals surface area contributed by atoms with Crippen molar-refractivity contribution in [1.82, 2.24) is 14.4 Å². The third-order valence-electron chi connectivity index (χ3n) is 7.13. The average Bonchev–Trinajstić information content (AvgIpc) is 3.16. The van der Waals surface area contributed by atoms with Crippen LogP contribution in [-0.4, -0.2) is 64.8 Å². The van der Waals surface area contributed by atoms with E-state index in [9.17, 15) is 14.0 Å². The number of aromatic nitrogens is 1. The molecule has 2 aromatic carbocycles. The van der Waals surface area contributed by atoms with E-state index in [1.165, 1.54) is 17.7 Å². The van der Waals surface area contributed by atoms with Crippen molar-refractivity contribution in [1.29, 1.82) is 0 Å². The molecule has 7 heteroatoms. The normalized spacial score (nSPS) is 15.6. The lowest BCUT2D eigenvalue weighted by molar-refractivity contribution is -0.121. The van der Waals surface area contributed by atoms with Crippen LogP contribution in [0.5, 0.6) is 0 Å². The molecule has 36 heavy (non-hydrogen) atoms. The number of hydrogen-bond acceptors (Lipinski definition) is 4. The topological polar surface area (TPSA) is 57.6 Å². The highest BCUT2D eigenvalue weighted by atomic mass is 19.1. The Kier molecular flexibility index (Phi) is 8.33. The van der Waals surface area contributed by atoms with Crippen molar-refractivity contribution in [3.8, 4) is 0 Å². The molecule has 4 rings (SSSR count). The summed E-state index contributed by atoms with van der Waals surface area (Å²) in [6.07, 6.45) is 0.928. The first kappa shape index (κ1) is 25.8. The Hall–Kier alpha value is -3.29. The zero-order valence-corrected chi connectivity index (χ0v) is 21.3. The summed E-state index contributed by atoms with van der Waals surface area (Å²) in [6, 6.07) is 18.0. The number of hydrogen-bond donors (Lipinski definition) is 1. The molecule has 190 valence electrons. The molecule has 1 aliphatic rings. The maximum Gasteiger partial charge on any atom is 0.241 e. The monoisotopic (exact) mass is 490 g/mol. The zero-order valence-electron chi connectivity index (χ0n) is 21.3. The molecule has 0 saturated carbocycles. The third kappa shape index (κ3) is 6.28. The third-order valence-corrected chi connectivity index (χ3v) is 7.13. The van der Waals surface area contributed by atoms with Crippen molar-refractivity contribution < 1.29 is 14.0 Å². The Morgan fingerprint density at radius 3 is 2.39 bits per heavy atom. The second-order valence-electron chi connectivity index (χ2n) is 9.58. The second kappa shape index (κ2) is 11.6. The van der Waals surface area contributed by atoms with Crippen LogP contribution in [0.1, 0.15) is 34.2 Å². The molecular weight excluding hydrogens is 455 g/mol. The van der Waals surface area contributed by atoms with Crippen LogP contribution in [0.2, 0.25) is 0 Å². The maximum atomic E-state index is 13.4. The van der Waals surface area contributed by atoms with Gasteiger partial charge in [0.2, 0.25) is 5.91 Å². The van der Waals surface area contributed by atoms with Crippen LogP contribution in [0.25, 0.3) is 0 Å². The van der Waals surface area contributed by atoms with Gasteiger partial charge in [-0.15, -0.1) is 0 Å². The second-order valence-corrected chi connectivity index (χ2v) is 9.58. The van der Waals surface area contributed by atoms with Crippen molar-refractivity contribution in [3.05, 3.63) is 89.0 Å². The van der Waals surface area contributed by atoms with Gasteiger partial charge in [-0.05, 0) is 57.0 Å². The molecule has 1 saturated heterocycles. The van der Waals surface area contributed by atoms with E-state index in [1.807, 2.05) is 26.0 Å². The lowest BCUT2D eigenvalue weighted by atomic mass is 10.1. The summed E-state index contributed by atoms with van der Waals surface area (Å²) < 4.78 is 15.6. The summed E-state index contributed by atoms with van der Waals surface area (Å²) in [4.78, 5) is 30.1. The first-order valence-corrected chi connectivity index (χ1v) is 12.6. The number of ketones is 1. The molecule has 1 atom stereocenters. The van der Waals surface area contributed by atoms with E-state index in [4.69, 9.17) is 0 Å². The molecule has 6 nitrogen and oxygen atoms in total. The minimum atomic E-state index is -0.379. The maximum absolute atomic E-state index is 13.4. The molecule has 3 aromatic rings. The lowest BCUT2D eigenvalue weighted by Gasteiger charge is -2.37. The number of Topliss-reactive ketones (excluding diaryl/α,β-unsaturated/α-hetero) is 1. The van der Waals surface area contributed by atoms with E-state index in [1.54, 1.807) is 12.1 Å². The van der Waals surface area contributed by atoms with E-state index in [-0.39, 0.29) is 23.5 Å². The van der Waals surface area contributed by atoms with Crippen LogP contribution in [0.3, 0.4) is 0 Å². The highest BCUT2D eigenvalue weighted by molar-refractivity contribution is 5.99. The highest BCUT2D eigenvalue weighted by Crippen LogP contribution is 2.18. The molecule has 1 amide bonds. The Balaban J connectivity index is 1.28. The summed E-state index contributed by atoms with van der Waals surface area (Å²) in [5, 5.41) is 2.79. The van der Waals surface area contributed by atoms with Crippen LogP contribution >= 0.6 is 0 Å². The molecule has 0 aliphatic carbocycles. The van der Waals surface area contributed by atoms with E-state index in [0.29, 0.717) is 25.3 Å². The van der Waals surface area contributed by atoms with E-state index < -0.39 is 0 Å². The minimum absolute atomic E-state index is 0.138. The molecule has 0 bridgehead atoms. The average molecular weight is 491 g/mol. The molecule has 0 radical (unpaired) electrons. The number of carbonyl (C=O) groups is 2. The molecule has 0 spiro atoms. The number of anilines is 1. The van der Waals surface area contributed by atoms with Gasteiger partial charge in [0.1, 0.15) is 5.82 Å². The quantitative estimate of drug-likeness (QED) is 0.454. The number of rotatable bonds is 9. The number of piperazine rings is 1. The number of amides is 1. The van der Waals surface area contributed by atoms with Gasteiger partial charge in [-0.25, -0.2) is 4.39 Å². The van der Waals surface area contributed by atoms with Gasteiger partial charge < -0.3 is 9.88 Å². The number of aryl methyl sites for hydroxylation is 2. The van der Waals surface area contributed by atoms with Gasteiger partial charge in [0, 0.05) is 55.4 Å². The number of benzene rings is 2. The van der Waals surface area contributed by atoms with Gasteiger partial charge in [-0.2, -0.15) is 0 Å². The summed E-state index contributed by atoms with van der Waals surface area (Å²) >= 11 is 0. The van der Waals surface area contributed by atoms with Crippen molar-refractivity contribution >= 4 is 17.4 Å². The van der Waals surface area contributed by atoms with Gasteiger partial charge in [-0.1, -0.05) is 36.4 Å². The van der Waals surface area contributed by atoms with Gasteiger partial charge in [0.15, 0.2) is 5.78 Å². The van der Waals surface area contributed by atoms with Crippen molar-refractivity contribution in [2.24, 2.45) is 0 Å². The molecule has 2 heterocycles. The zero-order chi connectivity index (χ0) is 25.7. The molecule has 1 aliphatic heterocycles. The molecule has 1 N–H and O–H groups in total.